The minimum absolute atomic E-state index is 0.0757. The Hall–Kier alpha value is -0.830. The summed E-state index contributed by atoms with van der Waals surface area (Å²) < 4.78 is 0. The van der Waals surface area contributed by atoms with Crippen LogP contribution in [0.5, 0.6) is 0 Å². The summed E-state index contributed by atoms with van der Waals surface area (Å²) in [7, 11) is 2.17. The van der Waals surface area contributed by atoms with Crippen LogP contribution in [0.15, 0.2) is 11.6 Å². The van der Waals surface area contributed by atoms with Crippen molar-refractivity contribution in [1.82, 2.24) is 10.2 Å². The van der Waals surface area contributed by atoms with Gasteiger partial charge in [0.1, 0.15) is 0 Å². The molecule has 2 unspecified atom stereocenters. The van der Waals surface area contributed by atoms with Gasteiger partial charge >= 0.3 is 0 Å². The van der Waals surface area contributed by atoms with E-state index in [2.05, 4.69) is 36.7 Å². The van der Waals surface area contributed by atoms with Crippen molar-refractivity contribution >= 4 is 5.91 Å². The quantitative estimate of drug-likeness (QED) is 0.777. The van der Waals surface area contributed by atoms with Gasteiger partial charge in [-0.15, -0.1) is 0 Å². The Morgan fingerprint density at radius 3 is 2.88 bits per heavy atom. The molecule has 1 aliphatic carbocycles. The molecule has 0 aromatic rings. The molecule has 89 valence electrons. The highest BCUT2D eigenvalue weighted by Gasteiger charge is 2.45. The van der Waals surface area contributed by atoms with E-state index >= 15 is 0 Å². The molecule has 1 aliphatic heterocycles. The van der Waals surface area contributed by atoms with Gasteiger partial charge in [0.2, 0.25) is 5.91 Å². The lowest BCUT2D eigenvalue weighted by atomic mass is 9.69. The molecule has 3 nitrogen and oxygen atoms in total. The van der Waals surface area contributed by atoms with Crippen molar-refractivity contribution in [3.05, 3.63) is 18.1 Å². The Morgan fingerprint density at radius 1 is 1.69 bits per heavy atom. The SMILES string of the molecule is CC(=O)NCC1(C2=C[CH]2)CCN(C)CC1C. The second kappa shape index (κ2) is 4.21. The molecule has 16 heavy (non-hydrogen) atoms. The molecular formula is C13H21N2O. The largest absolute Gasteiger partial charge is 0.355 e. The lowest BCUT2D eigenvalue weighted by molar-refractivity contribution is -0.119. The Labute approximate surface area is 97.9 Å². The first-order chi connectivity index (χ1) is 7.54. The molecular weight excluding hydrogens is 200 g/mol. The molecule has 0 aromatic heterocycles. The molecule has 1 saturated heterocycles. The summed E-state index contributed by atoms with van der Waals surface area (Å²) in [5, 5.41) is 3.00. The average Bonchev–Trinajstić information content (AvgIpc) is 3.01. The second-order valence-electron chi connectivity index (χ2n) is 5.27. The number of allylic oxidation sites excluding steroid dienone is 1. The molecule has 2 rings (SSSR count). The molecule has 1 fully saturated rings. The first kappa shape index (κ1) is 11.6. The molecule has 1 amide bonds. The van der Waals surface area contributed by atoms with Crippen LogP contribution in [0.3, 0.4) is 0 Å². The minimum Gasteiger partial charge on any atom is -0.355 e. The maximum Gasteiger partial charge on any atom is 0.216 e. The van der Waals surface area contributed by atoms with E-state index in [1.54, 1.807) is 6.92 Å². The number of amides is 1. The highest BCUT2D eigenvalue weighted by Crippen LogP contribution is 2.48. The fourth-order valence-electron chi connectivity index (χ4n) is 2.82. The van der Waals surface area contributed by atoms with Gasteiger partial charge in [-0.05, 0) is 25.9 Å². The molecule has 1 N–H and O–H groups in total. The van der Waals surface area contributed by atoms with Gasteiger partial charge in [-0.3, -0.25) is 4.79 Å². The predicted molar refractivity (Wildman–Crippen MR) is 64.8 cm³/mol. The van der Waals surface area contributed by atoms with Crippen LogP contribution >= 0.6 is 0 Å². The molecule has 2 atom stereocenters. The third kappa shape index (κ3) is 2.14. The van der Waals surface area contributed by atoms with Crippen molar-refractivity contribution in [3.63, 3.8) is 0 Å². The van der Waals surface area contributed by atoms with Crippen molar-refractivity contribution in [2.45, 2.75) is 20.3 Å². The van der Waals surface area contributed by atoms with Gasteiger partial charge in [-0.1, -0.05) is 18.6 Å². The normalized spacial score (nSPS) is 34.4. The average molecular weight is 221 g/mol. The molecule has 0 spiro atoms. The number of carbonyl (C=O) groups excluding carboxylic acids is 1. The van der Waals surface area contributed by atoms with Crippen molar-refractivity contribution in [2.24, 2.45) is 11.3 Å². The summed E-state index contributed by atoms with van der Waals surface area (Å²) >= 11 is 0. The molecule has 0 aromatic carbocycles. The van der Waals surface area contributed by atoms with Crippen LogP contribution in [0.2, 0.25) is 0 Å². The lowest BCUT2D eigenvalue weighted by Crippen LogP contribution is -2.50. The van der Waals surface area contributed by atoms with Crippen molar-refractivity contribution < 1.29 is 4.79 Å². The molecule has 0 bridgehead atoms. The number of carbonyl (C=O) groups is 1. The maximum atomic E-state index is 11.1. The summed E-state index contributed by atoms with van der Waals surface area (Å²) in [5.41, 5.74) is 1.64. The Bertz CT molecular complexity index is 324. The van der Waals surface area contributed by atoms with Crippen molar-refractivity contribution in [2.75, 3.05) is 26.7 Å². The fraction of sp³-hybridized carbons (Fsp3) is 0.692. The van der Waals surface area contributed by atoms with Crippen molar-refractivity contribution in [3.8, 4) is 0 Å². The highest BCUT2D eigenvalue weighted by molar-refractivity contribution is 5.73. The molecule has 1 radical (unpaired) electrons. The summed E-state index contributed by atoms with van der Waals surface area (Å²) in [6.45, 7) is 6.92. The monoisotopic (exact) mass is 221 g/mol. The second-order valence-corrected chi connectivity index (χ2v) is 5.27. The number of rotatable bonds is 3. The Kier molecular flexibility index (Phi) is 3.06. The van der Waals surface area contributed by atoms with E-state index in [0.717, 1.165) is 26.1 Å². The number of piperidine rings is 1. The van der Waals surface area contributed by atoms with Crippen LogP contribution in [-0.2, 0) is 4.79 Å². The van der Waals surface area contributed by atoms with Crippen LogP contribution in [0.1, 0.15) is 20.3 Å². The van der Waals surface area contributed by atoms with Gasteiger partial charge < -0.3 is 10.2 Å². The number of hydrogen-bond donors (Lipinski definition) is 1. The minimum atomic E-state index is 0.0757. The fourth-order valence-corrected chi connectivity index (χ4v) is 2.82. The third-order valence-corrected chi connectivity index (χ3v) is 4.03. The molecule has 3 heteroatoms. The first-order valence-electron chi connectivity index (χ1n) is 6.03. The lowest BCUT2D eigenvalue weighted by Gasteiger charge is -2.45. The standard InChI is InChI=1S/C13H21N2O/c1-10-8-15(3)7-6-13(10,12-4-5-12)9-14-11(2)16/h4-5,10H,6-9H2,1-3H3,(H,14,16). The van der Waals surface area contributed by atoms with Gasteiger partial charge in [-0.2, -0.15) is 0 Å². The highest BCUT2D eigenvalue weighted by atomic mass is 16.1. The molecule has 0 saturated carbocycles. The molecule has 1 heterocycles. The molecule has 2 aliphatic rings. The van der Waals surface area contributed by atoms with Gasteiger partial charge in [-0.25, -0.2) is 0 Å². The smallest absolute Gasteiger partial charge is 0.216 e. The van der Waals surface area contributed by atoms with E-state index in [4.69, 9.17) is 0 Å². The van der Waals surface area contributed by atoms with Crippen molar-refractivity contribution in [1.29, 1.82) is 0 Å². The van der Waals surface area contributed by atoms with E-state index in [9.17, 15) is 4.79 Å². The van der Waals surface area contributed by atoms with Gasteiger partial charge in [0.25, 0.3) is 0 Å². The van der Waals surface area contributed by atoms with E-state index in [0.29, 0.717) is 5.92 Å². The summed E-state index contributed by atoms with van der Waals surface area (Å²) in [6, 6.07) is 0. The van der Waals surface area contributed by atoms with E-state index in [-0.39, 0.29) is 11.3 Å². The topological polar surface area (TPSA) is 32.3 Å². The first-order valence-corrected chi connectivity index (χ1v) is 6.03. The number of nitrogens with one attached hydrogen (secondary N) is 1. The summed E-state index contributed by atoms with van der Waals surface area (Å²) in [6.07, 6.45) is 5.54. The number of nitrogens with zero attached hydrogens (tertiary/aromatic N) is 1. The number of hydrogen-bond acceptors (Lipinski definition) is 2. The zero-order valence-corrected chi connectivity index (χ0v) is 10.4. The summed E-state index contributed by atoms with van der Waals surface area (Å²) in [4.78, 5) is 13.5. The van der Waals surface area contributed by atoms with E-state index < -0.39 is 0 Å². The zero-order valence-electron chi connectivity index (χ0n) is 10.4. The Balaban J connectivity index is 2.09. The Morgan fingerprint density at radius 2 is 2.38 bits per heavy atom. The number of likely N-dealkylation sites (tertiary alicyclic amines) is 1. The van der Waals surface area contributed by atoms with Gasteiger partial charge in [0, 0.05) is 31.8 Å². The van der Waals surface area contributed by atoms with Crippen LogP contribution in [0.25, 0.3) is 0 Å². The van der Waals surface area contributed by atoms with E-state index in [1.807, 2.05) is 0 Å². The maximum absolute atomic E-state index is 11.1. The third-order valence-electron chi connectivity index (χ3n) is 4.03. The van der Waals surface area contributed by atoms with Crippen LogP contribution in [-0.4, -0.2) is 37.5 Å². The van der Waals surface area contributed by atoms with Crippen LogP contribution in [0.4, 0.5) is 0 Å². The zero-order chi connectivity index (χ0) is 11.8. The predicted octanol–water partition coefficient (Wildman–Crippen LogP) is 1.22. The van der Waals surface area contributed by atoms with Crippen LogP contribution in [0, 0.1) is 17.8 Å². The van der Waals surface area contributed by atoms with Gasteiger partial charge in [0.05, 0.1) is 0 Å². The summed E-state index contributed by atoms with van der Waals surface area (Å²) in [5.74, 6) is 0.676. The van der Waals surface area contributed by atoms with E-state index in [1.165, 1.54) is 5.57 Å². The van der Waals surface area contributed by atoms with Crippen LogP contribution < -0.4 is 5.32 Å². The van der Waals surface area contributed by atoms with Gasteiger partial charge in [0.15, 0.2) is 0 Å².